The molecule has 4 heteroatoms. The van der Waals surface area contributed by atoms with Crippen molar-refractivity contribution in [3.63, 3.8) is 0 Å². The first-order valence-corrected chi connectivity index (χ1v) is 8.00. The fourth-order valence-electron chi connectivity index (χ4n) is 2.20. The fraction of sp³-hybridized carbons (Fsp3) is 0.235. The highest BCUT2D eigenvalue weighted by molar-refractivity contribution is 7.99. The van der Waals surface area contributed by atoms with Crippen LogP contribution in [0.5, 0.6) is 0 Å². The first-order valence-electron chi connectivity index (χ1n) is 7.18. The zero-order chi connectivity index (χ0) is 14.7. The molecule has 0 unspecified atom stereocenters. The molecule has 0 spiro atoms. The van der Waals surface area contributed by atoms with E-state index in [1.165, 1.54) is 16.0 Å². The number of H-pyrrole nitrogens is 1. The number of aryl methyl sites for hydroxylation is 1. The Hall–Kier alpha value is -1.78. The topological polar surface area (TPSA) is 40.7 Å². The summed E-state index contributed by atoms with van der Waals surface area (Å²) in [5, 5.41) is 4.27. The number of nitrogens with one attached hydrogen (secondary N) is 2. The predicted molar refractivity (Wildman–Crippen MR) is 88.8 cm³/mol. The van der Waals surface area contributed by atoms with Crippen molar-refractivity contribution in [2.75, 3.05) is 6.54 Å². The number of benzene rings is 2. The third-order valence-electron chi connectivity index (χ3n) is 3.33. The molecular formula is C17H19N3S. The standard InChI is InChI=1S/C17H19N3S/c1-3-18-11-13-5-7-14(8-6-13)21-17-19-15-9-4-12(2)10-16(15)20-17/h4-10,18H,3,11H2,1-2H3,(H,19,20). The third-order valence-corrected chi connectivity index (χ3v) is 4.23. The number of aromatic amines is 1. The summed E-state index contributed by atoms with van der Waals surface area (Å²) >= 11 is 1.66. The molecular weight excluding hydrogens is 278 g/mol. The van der Waals surface area contributed by atoms with E-state index in [0.29, 0.717) is 0 Å². The average Bonchev–Trinajstić information content (AvgIpc) is 2.88. The maximum Gasteiger partial charge on any atom is 0.171 e. The van der Waals surface area contributed by atoms with Gasteiger partial charge < -0.3 is 10.3 Å². The van der Waals surface area contributed by atoms with Gasteiger partial charge in [-0.3, -0.25) is 0 Å². The Kier molecular flexibility index (Phi) is 4.27. The zero-order valence-corrected chi connectivity index (χ0v) is 13.1. The second-order valence-electron chi connectivity index (χ2n) is 5.09. The van der Waals surface area contributed by atoms with Gasteiger partial charge in [0.15, 0.2) is 5.16 Å². The molecule has 0 aliphatic heterocycles. The van der Waals surface area contributed by atoms with Crippen LogP contribution in [0, 0.1) is 6.92 Å². The zero-order valence-electron chi connectivity index (χ0n) is 12.3. The number of nitrogens with zero attached hydrogens (tertiary/aromatic N) is 1. The summed E-state index contributed by atoms with van der Waals surface area (Å²) in [5.41, 5.74) is 4.67. The summed E-state index contributed by atoms with van der Waals surface area (Å²) < 4.78 is 0. The molecule has 0 aliphatic rings. The van der Waals surface area contributed by atoms with Crippen molar-refractivity contribution in [2.24, 2.45) is 0 Å². The molecule has 3 rings (SSSR count). The summed E-state index contributed by atoms with van der Waals surface area (Å²) in [5.74, 6) is 0. The molecule has 2 N–H and O–H groups in total. The van der Waals surface area contributed by atoms with Crippen molar-refractivity contribution in [1.29, 1.82) is 0 Å². The third kappa shape index (κ3) is 3.46. The van der Waals surface area contributed by atoms with E-state index >= 15 is 0 Å². The molecule has 3 aromatic rings. The molecule has 0 atom stereocenters. The van der Waals surface area contributed by atoms with Crippen LogP contribution in [-0.2, 0) is 6.54 Å². The van der Waals surface area contributed by atoms with E-state index in [0.717, 1.165) is 29.3 Å². The minimum atomic E-state index is 0.922. The van der Waals surface area contributed by atoms with Crippen LogP contribution in [0.25, 0.3) is 11.0 Å². The van der Waals surface area contributed by atoms with Crippen LogP contribution in [0.15, 0.2) is 52.5 Å². The number of aromatic nitrogens is 2. The van der Waals surface area contributed by atoms with Gasteiger partial charge in [-0.05, 0) is 48.9 Å². The number of hydrogen-bond donors (Lipinski definition) is 2. The first kappa shape index (κ1) is 14.2. The second-order valence-corrected chi connectivity index (χ2v) is 6.15. The van der Waals surface area contributed by atoms with E-state index in [4.69, 9.17) is 0 Å². The molecule has 1 aromatic heterocycles. The summed E-state index contributed by atoms with van der Waals surface area (Å²) in [4.78, 5) is 9.19. The van der Waals surface area contributed by atoms with Gasteiger partial charge in [0.25, 0.3) is 0 Å². The van der Waals surface area contributed by atoms with E-state index in [9.17, 15) is 0 Å². The van der Waals surface area contributed by atoms with Crippen LogP contribution in [0.3, 0.4) is 0 Å². The summed E-state index contributed by atoms with van der Waals surface area (Å²) in [6.07, 6.45) is 0. The molecule has 0 saturated heterocycles. The Labute approximate surface area is 129 Å². The van der Waals surface area contributed by atoms with Crippen LogP contribution in [0.1, 0.15) is 18.1 Å². The minimum Gasteiger partial charge on any atom is -0.333 e. The summed E-state index contributed by atoms with van der Waals surface area (Å²) in [6, 6.07) is 14.9. The lowest BCUT2D eigenvalue weighted by atomic mass is 10.2. The van der Waals surface area contributed by atoms with Crippen molar-refractivity contribution in [1.82, 2.24) is 15.3 Å². The van der Waals surface area contributed by atoms with Crippen molar-refractivity contribution in [3.8, 4) is 0 Å². The van der Waals surface area contributed by atoms with Gasteiger partial charge in [0.2, 0.25) is 0 Å². The van der Waals surface area contributed by atoms with E-state index in [2.05, 4.69) is 71.6 Å². The Bertz CT molecular complexity index is 731. The lowest BCUT2D eigenvalue weighted by molar-refractivity contribution is 0.726. The van der Waals surface area contributed by atoms with Crippen LogP contribution in [0.4, 0.5) is 0 Å². The smallest absolute Gasteiger partial charge is 0.171 e. The summed E-state index contributed by atoms with van der Waals surface area (Å²) in [6.45, 7) is 6.13. The van der Waals surface area contributed by atoms with Gasteiger partial charge in [0.05, 0.1) is 11.0 Å². The quantitative estimate of drug-likeness (QED) is 0.744. The molecule has 0 radical (unpaired) electrons. The van der Waals surface area contributed by atoms with Gasteiger partial charge >= 0.3 is 0 Å². The van der Waals surface area contributed by atoms with E-state index < -0.39 is 0 Å². The Morgan fingerprint density at radius 1 is 1.14 bits per heavy atom. The van der Waals surface area contributed by atoms with E-state index in [1.54, 1.807) is 11.8 Å². The molecule has 0 bridgehead atoms. The van der Waals surface area contributed by atoms with Crippen molar-refractivity contribution in [3.05, 3.63) is 53.6 Å². The molecule has 2 aromatic carbocycles. The number of rotatable bonds is 5. The average molecular weight is 297 g/mol. The van der Waals surface area contributed by atoms with E-state index in [1.807, 2.05) is 0 Å². The number of hydrogen-bond acceptors (Lipinski definition) is 3. The van der Waals surface area contributed by atoms with Gasteiger partial charge in [0, 0.05) is 11.4 Å². The Morgan fingerprint density at radius 2 is 1.95 bits per heavy atom. The Balaban J connectivity index is 1.75. The molecule has 0 saturated carbocycles. The van der Waals surface area contributed by atoms with Gasteiger partial charge in [-0.25, -0.2) is 4.98 Å². The van der Waals surface area contributed by atoms with Crippen molar-refractivity contribution in [2.45, 2.75) is 30.4 Å². The molecule has 0 amide bonds. The van der Waals surface area contributed by atoms with Gasteiger partial charge in [-0.2, -0.15) is 0 Å². The molecule has 0 aliphatic carbocycles. The van der Waals surface area contributed by atoms with Crippen molar-refractivity contribution >= 4 is 22.8 Å². The normalized spacial score (nSPS) is 11.1. The second kappa shape index (κ2) is 6.33. The maximum absolute atomic E-state index is 4.62. The fourth-order valence-corrected chi connectivity index (χ4v) is 3.01. The predicted octanol–water partition coefficient (Wildman–Crippen LogP) is 4.13. The molecule has 0 fully saturated rings. The number of imidazole rings is 1. The van der Waals surface area contributed by atoms with Gasteiger partial charge in [-0.1, -0.05) is 36.9 Å². The maximum atomic E-state index is 4.62. The largest absolute Gasteiger partial charge is 0.333 e. The van der Waals surface area contributed by atoms with Gasteiger partial charge in [0.1, 0.15) is 0 Å². The molecule has 21 heavy (non-hydrogen) atoms. The molecule has 1 heterocycles. The van der Waals surface area contributed by atoms with E-state index in [-0.39, 0.29) is 0 Å². The monoisotopic (exact) mass is 297 g/mol. The molecule has 3 nitrogen and oxygen atoms in total. The van der Waals surface area contributed by atoms with Gasteiger partial charge in [-0.15, -0.1) is 0 Å². The van der Waals surface area contributed by atoms with Crippen molar-refractivity contribution < 1.29 is 0 Å². The first-order chi connectivity index (χ1) is 10.2. The molecule has 108 valence electrons. The van der Waals surface area contributed by atoms with Crippen LogP contribution < -0.4 is 5.32 Å². The lowest BCUT2D eigenvalue weighted by Gasteiger charge is -2.03. The van der Waals surface area contributed by atoms with Crippen LogP contribution >= 0.6 is 11.8 Å². The highest BCUT2D eigenvalue weighted by Gasteiger charge is 2.05. The lowest BCUT2D eigenvalue weighted by Crippen LogP contribution is -2.11. The minimum absolute atomic E-state index is 0.922. The highest BCUT2D eigenvalue weighted by Crippen LogP contribution is 2.27. The van der Waals surface area contributed by atoms with Crippen LogP contribution in [-0.4, -0.2) is 16.5 Å². The Morgan fingerprint density at radius 3 is 2.71 bits per heavy atom. The summed E-state index contributed by atoms with van der Waals surface area (Å²) in [7, 11) is 0. The van der Waals surface area contributed by atoms with Crippen LogP contribution in [0.2, 0.25) is 0 Å². The highest BCUT2D eigenvalue weighted by atomic mass is 32.2. The number of fused-ring (bicyclic) bond motifs is 1. The SMILES string of the molecule is CCNCc1ccc(Sc2nc3ccc(C)cc3[nH]2)cc1.